The van der Waals surface area contributed by atoms with Crippen LogP contribution in [-0.2, 0) is 27.6 Å². The molecule has 6 heteroatoms. The van der Waals surface area contributed by atoms with E-state index in [0.29, 0.717) is 6.54 Å². The average molecular weight is 399 g/mol. The smallest absolute Gasteiger partial charge is 0.241 e. The first-order chi connectivity index (χ1) is 13.4. The van der Waals surface area contributed by atoms with Crippen molar-refractivity contribution >= 4 is 21.4 Å². The van der Waals surface area contributed by atoms with Crippen molar-refractivity contribution < 1.29 is 13.2 Å². The molecule has 5 nitrogen and oxygen atoms in total. The summed E-state index contributed by atoms with van der Waals surface area (Å²) in [6, 6.07) is 15.5. The number of aryl methyl sites for hydroxylation is 2. The van der Waals surface area contributed by atoms with Gasteiger partial charge in [-0.05, 0) is 42.2 Å². The Morgan fingerprint density at radius 1 is 1.00 bits per heavy atom. The van der Waals surface area contributed by atoms with Crippen molar-refractivity contribution in [3.05, 3.63) is 65.2 Å². The number of hydrogen-bond acceptors (Lipinski definition) is 4. The summed E-state index contributed by atoms with van der Waals surface area (Å²) in [6.45, 7) is 4.97. The number of carbonyl (C=O) groups is 1. The molecule has 0 radical (unpaired) electrons. The van der Waals surface area contributed by atoms with Crippen LogP contribution in [0.5, 0.6) is 0 Å². The second kappa shape index (κ2) is 7.33. The van der Waals surface area contributed by atoms with Crippen molar-refractivity contribution in [2.45, 2.75) is 38.9 Å². The lowest BCUT2D eigenvalue weighted by Gasteiger charge is -2.43. The van der Waals surface area contributed by atoms with Gasteiger partial charge in [-0.2, -0.15) is 0 Å². The summed E-state index contributed by atoms with van der Waals surface area (Å²) in [4.78, 5) is 16.9. The quantitative estimate of drug-likeness (QED) is 0.794. The van der Waals surface area contributed by atoms with Crippen molar-refractivity contribution in [3.63, 3.8) is 0 Å². The van der Waals surface area contributed by atoms with E-state index in [1.165, 1.54) is 5.56 Å². The monoisotopic (exact) mass is 398 g/mol. The molecule has 2 aromatic carbocycles. The minimum absolute atomic E-state index is 0.0310. The molecule has 0 saturated carbocycles. The standard InChI is InChI=1S/C22H26N2O3S/c1-3-17-8-10-19(11-9-17)24-21-15-28(26,27)14-20(21)23(13-22(24)25)12-18-7-5-4-6-16(18)2/h4-11,20-21H,3,12-15H2,1-2H3. The summed E-state index contributed by atoms with van der Waals surface area (Å²) < 4.78 is 25.0. The van der Waals surface area contributed by atoms with Crippen LogP contribution in [0.25, 0.3) is 0 Å². The molecule has 2 fully saturated rings. The van der Waals surface area contributed by atoms with Crippen molar-refractivity contribution in [1.82, 2.24) is 4.90 Å². The molecule has 148 valence electrons. The van der Waals surface area contributed by atoms with Gasteiger partial charge in [0.2, 0.25) is 5.91 Å². The minimum Gasteiger partial charge on any atom is -0.306 e. The number of hydrogen-bond donors (Lipinski definition) is 0. The predicted octanol–water partition coefficient (Wildman–Crippen LogP) is 2.57. The molecule has 2 unspecified atom stereocenters. The van der Waals surface area contributed by atoms with Gasteiger partial charge in [0.05, 0.1) is 24.1 Å². The van der Waals surface area contributed by atoms with Crippen molar-refractivity contribution in [3.8, 4) is 0 Å². The van der Waals surface area contributed by atoms with E-state index < -0.39 is 9.84 Å². The molecular formula is C22H26N2O3S. The molecule has 0 spiro atoms. The van der Waals surface area contributed by atoms with Crippen molar-refractivity contribution in [1.29, 1.82) is 0 Å². The fraction of sp³-hybridized carbons (Fsp3) is 0.409. The molecule has 28 heavy (non-hydrogen) atoms. The molecule has 0 aliphatic carbocycles. The molecule has 2 heterocycles. The maximum Gasteiger partial charge on any atom is 0.241 e. The van der Waals surface area contributed by atoms with E-state index in [1.807, 2.05) is 55.5 Å². The zero-order valence-electron chi connectivity index (χ0n) is 16.3. The molecule has 2 saturated heterocycles. The number of anilines is 1. The van der Waals surface area contributed by atoms with Crippen molar-refractivity contribution in [2.24, 2.45) is 0 Å². The lowest BCUT2D eigenvalue weighted by molar-refractivity contribution is -0.123. The van der Waals surface area contributed by atoms with Crippen LogP contribution in [0.15, 0.2) is 48.5 Å². The zero-order valence-corrected chi connectivity index (χ0v) is 17.2. The first kappa shape index (κ1) is 19.2. The molecule has 2 atom stereocenters. The van der Waals surface area contributed by atoms with E-state index in [-0.39, 0.29) is 36.0 Å². The van der Waals surface area contributed by atoms with Gasteiger partial charge in [-0.25, -0.2) is 8.42 Å². The second-order valence-corrected chi connectivity index (χ2v) is 9.98. The molecule has 2 aromatic rings. The molecule has 0 aromatic heterocycles. The van der Waals surface area contributed by atoms with Gasteiger partial charge in [0.25, 0.3) is 0 Å². The highest BCUT2D eigenvalue weighted by Crippen LogP contribution is 2.33. The Morgan fingerprint density at radius 2 is 1.68 bits per heavy atom. The zero-order chi connectivity index (χ0) is 19.9. The number of carbonyl (C=O) groups excluding carboxylic acids is 1. The van der Waals surface area contributed by atoms with Crippen LogP contribution in [0.1, 0.15) is 23.6 Å². The van der Waals surface area contributed by atoms with Gasteiger partial charge < -0.3 is 4.90 Å². The van der Waals surface area contributed by atoms with Crippen LogP contribution < -0.4 is 4.90 Å². The normalized spacial score (nSPS) is 24.4. The number of benzene rings is 2. The van der Waals surface area contributed by atoms with Crippen molar-refractivity contribution in [2.75, 3.05) is 23.0 Å². The molecule has 1 amide bonds. The summed E-state index contributed by atoms with van der Waals surface area (Å²) in [6.07, 6.45) is 0.929. The van der Waals surface area contributed by atoms with Gasteiger partial charge in [-0.1, -0.05) is 43.3 Å². The maximum absolute atomic E-state index is 13.1. The van der Waals surface area contributed by atoms with Crippen LogP contribution in [0, 0.1) is 6.92 Å². The largest absolute Gasteiger partial charge is 0.306 e. The fourth-order valence-electron chi connectivity index (χ4n) is 4.37. The Morgan fingerprint density at radius 3 is 2.36 bits per heavy atom. The Balaban J connectivity index is 1.66. The second-order valence-electron chi connectivity index (χ2n) is 7.83. The molecule has 2 aliphatic heterocycles. The summed E-state index contributed by atoms with van der Waals surface area (Å²) in [5.41, 5.74) is 4.29. The van der Waals surface area contributed by atoms with Crippen LogP contribution >= 0.6 is 0 Å². The van der Waals surface area contributed by atoms with Crippen LogP contribution in [0.2, 0.25) is 0 Å². The highest BCUT2D eigenvalue weighted by atomic mass is 32.2. The highest BCUT2D eigenvalue weighted by molar-refractivity contribution is 7.91. The van der Waals surface area contributed by atoms with Gasteiger partial charge >= 0.3 is 0 Å². The number of sulfone groups is 1. The Kier molecular flexibility index (Phi) is 5.02. The van der Waals surface area contributed by atoms with E-state index in [4.69, 9.17) is 0 Å². The predicted molar refractivity (Wildman–Crippen MR) is 111 cm³/mol. The van der Waals surface area contributed by atoms with Gasteiger partial charge in [0.15, 0.2) is 9.84 Å². The lowest BCUT2D eigenvalue weighted by atomic mass is 10.0. The first-order valence-corrected chi connectivity index (χ1v) is 11.6. The lowest BCUT2D eigenvalue weighted by Crippen LogP contribution is -2.61. The van der Waals surface area contributed by atoms with E-state index in [1.54, 1.807) is 4.90 Å². The van der Waals surface area contributed by atoms with E-state index in [9.17, 15) is 13.2 Å². The van der Waals surface area contributed by atoms with Gasteiger partial charge in [0, 0.05) is 18.3 Å². The molecule has 0 bridgehead atoms. The number of amides is 1. The maximum atomic E-state index is 13.1. The topological polar surface area (TPSA) is 57.7 Å². The van der Waals surface area contributed by atoms with Crippen LogP contribution in [0.3, 0.4) is 0 Å². The summed E-state index contributed by atoms with van der Waals surface area (Å²) in [7, 11) is -3.18. The third kappa shape index (κ3) is 3.59. The minimum atomic E-state index is -3.18. The van der Waals surface area contributed by atoms with E-state index in [2.05, 4.69) is 11.8 Å². The van der Waals surface area contributed by atoms with E-state index >= 15 is 0 Å². The summed E-state index contributed by atoms with van der Waals surface area (Å²) in [5, 5.41) is 0. The molecule has 0 N–H and O–H groups in total. The van der Waals surface area contributed by atoms with Gasteiger partial charge in [-0.15, -0.1) is 0 Å². The summed E-state index contributed by atoms with van der Waals surface area (Å²) in [5.74, 6) is 0.111. The average Bonchev–Trinajstić information content (AvgIpc) is 2.99. The number of rotatable bonds is 4. The fourth-order valence-corrected chi connectivity index (χ4v) is 6.35. The Bertz CT molecular complexity index is 985. The third-order valence-electron chi connectivity index (χ3n) is 5.96. The summed E-state index contributed by atoms with van der Waals surface area (Å²) >= 11 is 0. The molecule has 4 rings (SSSR count). The first-order valence-electron chi connectivity index (χ1n) is 9.78. The molecule has 2 aliphatic rings. The van der Waals surface area contributed by atoms with Gasteiger partial charge in [0.1, 0.15) is 0 Å². The van der Waals surface area contributed by atoms with Crippen LogP contribution in [-0.4, -0.2) is 49.4 Å². The van der Waals surface area contributed by atoms with Gasteiger partial charge in [-0.3, -0.25) is 9.69 Å². The number of piperazine rings is 1. The number of fused-ring (bicyclic) bond motifs is 1. The number of nitrogens with zero attached hydrogens (tertiary/aromatic N) is 2. The highest BCUT2D eigenvalue weighted by Gasteiger charge is 2.49. The Labute approximate surface area is 166 Å². The van der Waals surface area contributed by atoms with E-state index in [0.717, 1.165) is 23.2 Å². The molecular weight excluding hydrogens is 372 g/mol. The third-order valence-corrected chi connectivity index (χ3v) is 7.66. The Hall–Kier alpha value is -2.18. The van der Waals surface area contributed by atoms with Crippen LogP contribution in [0.4, 0.5) is 5.69 Å². The SMILES string of the molecule is CCc1ccc(N2C(=O)CN(Cc3ccccc3C)C3CS(=O)(=O)CC32)cc1.